The number of anilines is 2. The van der Waals surface area contributed by atoms with E-state index in [0.29, 0.717) is 34.4 Å². The maximum absolute atomic E-state index is 11.6. The molecule has 0 saturated carbocycles. The number of benzene rings is 3. The van der Waals surface area contributed by atoms with Crippen LogP contribution in [0.4, 0.5) is 11.4 Å². The van der Waals surface area contributed by atoms with Crippen molar-refractivity contribution in [3.63, 3.8) is 0 Å². The van der Waals surface area contributed by atoms with Gasteiger partial charge < -0.3 is 30.3 Å². The van der Waals surface area contributed by atoms with Crippen LogP contribution in [-0.4, -0.2) is 34.0 Å². The van der Waals surface area contributed by atoms with Crippen molar-refractivity contribution in [3.8, 4) is 23.0 Å². The summed E-state index contributed by atoms with van der Waals surface area (Å²) in [6, 6.07) is 19.9. The van der Waals surface area contributed by atoms with E-state index >= 15 is 0 Å². The zero-order valence-electron chi connectivity index (χ0n) is 18.6. The third kappa shape index (κ3) is 8.52. The van der Waals surface area contributed by atoms with Crippen molar-refractivity contribution in [2.45, 2.75) is 0 Å². The third-order valence-electron chi connectivity index (χ3n) is 4.28. The van der Waals surface area contributed by atoms with Crippen molar-refractivity contribution in [2.24, 2.45) is 0 Å². The minimum absolute atomic E-state index is 0.469. The number of carbonyl (C=O) groups is 4. The smallest absolute Gasteiger partial charge is 0.328 e. The van der Waals surface area contributed by atoms with Gasteiger partial charge in [-0.3, -0.25) is 9.59 Å². The van der Waals surface area contributed by atoms with Crippen LogP contribution >= 0.6 is 0 Å². The molecule has 0 fully saturated rings. The van der Waals surface area contributed by atoms with E-state index in [1.165, 1.54) is 0 Å². The number of ether oxygens (including phenoxy) is 2. The Morgan fingerprint density at radius 1 is 0.556 bits per heavy atom. The first-order valence-electron chi connectivity index (χ1n) is 10.4. The lowest BCUT2D eigenvalue weighted by Gasteiger charge is -2.10. The minimum Gasteiger partial charge on any atom is -0.478 e. The molecule has 0 saturated heterocycles. The number of carboxylic acid groups (broad SMARTS) is 2. The van der Waals surface area contributed by atoms with Gasteiger partial charge in [0.2, 0.25) is 11.8 Å². The van der Waals surface area contributed by atoms with Gasteiger partial charge in [0.05, 0.1) is 0 Å². The Morgan fingerprint density at radius 2 is 0.944 bits per heavy atom. The quantitative estimate of drug-likeness (QED) is 0.306. The van der Waals surface area contributed by atoms with E-state index in [0.717, 1.165) is 24.3 Å². The summed E-state index contributed by atoms with van der Waals surface area (Å²) < 4.78 is 11.6. The van der Waals surface area contributed by atoms with Crippen LogP contribution in [0.1, 0.15) is 0 Å². The van der Waals surface area contributed by atoms with Crippen LogP contribution in [0.15, 0.2) is 97.1 Å². The number of rotatable bonds is 10. The molecule has 0 aliphatic carbocycles. The van der Waals surface area contributed by atoms with E-state index in [1.807, 2.05) is 0 Å². The second-order valence-corrected chi connectivity index (χ2v) is 7.05. The molecule has 0 spiro atoms. The van der Waals surface area contributed by atoms with Gasteiger partial charge in [-0.15, -0.1) is 0 Å². The summed E-state index contributed by atoms with van der Waals surface area (Å²) in [4.78, 5) is 44.2. The average molecular weight is 488 g/mol. The SMILES string of the molecule is O=C(O)/C=C\C(=O)Nc1ccc(Oc2cccc(Oc3ccc(NC(=O)/C=C\C(=O)O)cc3)c2)cc1. The van der Waals surface area contributed by atoms with E-state index in [9.17, 15) is 19.2 Å². The fourth-order valence-electron chi connectivity index (χ4n) is 2.75. The van der Waals surface area contributed by atoms with Crippen LogP contribution in [0.2, 0.25) is 0 Å². The molecule has 10 heteroatoms. The summed E-state index contributed by atoms with van der Waals surface area (Å²) in [6.07, 6.45) is 3.33. The van der Waals surface area contributed by atoms with Crippen molar-refractivity contribution in [1.82, 2.24) is 0 Å². The number of hydrogen-bond donors (Lipinski definition) is 4. The van der Waals surface area contributed by atoms with Crippen LogP contribution < -0.4 is 20.1 Å². The fourth-order valence-corrected chi connectivity index (χ4v) is 2.75. The molecular weight excluding hydrogens is 468 g/mol. The molecule has 10 nitrogen and oxygen atoms in total. The maximum Gasteiger partial charge on any atom is 0.328 e. The highest BCUT2D eigenvalue weighted by atomic mass is 16.5. The highest BCUT2D eigenvalue weighted by Gasteiger charge is 2.05. The second kappa shape index (κ2) is 12.2. The Hall–Kier alpha value is -5.38. The van der Waals surface area contributed by atoms with E-state index in [-0.39, 0.29) is 0 Å². The summed E-state index contributed by atoms with van der Waals surface area (Å²) in [6.45, 7) is 0. The molecule has 4 N–H and O–H groups in total. The molecule has 3 aromatic rings. The zero-order chi connectivity index (χ0) is 25.9. The Kier molecular flexibility index (Phi) is 8.55. The Balaban J connectivity index is 1.57. The molecule has 182 valence electrons. The predicted octanol–water partition coefficient (Wildman–Crippen LogP) is 4.43. The van der Waals surface area contributed by atoms with Gasteiger partial charge in [-0.1, -0.05) is 6.07 Å². The molecule has 0 aliphatic rings. The van der Waals surface area contributed by atoms with Crippen LogP contribution in [0.3, 0.4) is 0 Å². The molecule has 0 radical (unpaired) electrons. The first kappa shape index (κ1) is 25.2. The second-order valence-electron chi connectivity index (χ2n) is 7.05. The van der Waals surface area contributed by atoms with Gasteiger partial charge in [-0.25, -0.2) is 9.59 Å². The van der Waals surface area contributed by atoms with Crippen LogP contribution in [0, 0.1) is 0 Å². The first-order valence-corrected chi connectivity index (χ1v) is 10.4. The molecule has 0 atom stereocenters. The average Bonchev–Trinajstić information content (AvgIpc) is 2.84. The highest BCUT2D eigenvalue weighted by Crippen LogP contribution is 2.29. The topological polar surface area (TPSA) is 151 Å². The van der Waals surface area contributed by atoms with Crippen molar-refractivity contribution in [2.75, 3.05) is 10.6 Å². The number of carboxylic acids is 2. The normalized spacial score (nSPS) is 10.7. The van der Waals surface area contributed by atoms with Gasteiger partial charge in [0.1, 0.15) is 23.0 Å². The molecule has 0 bridgehead atoms. The highest BCUT2D eigenvalue weighted by molar-refractivity contribution is 6.03. The molecule has 0 aromatic heterocycles. The Bertz CT molecular complexity index is 1210. The summed E-state index contributed by atoms with van der Waals surface area (Å²) in [5.74, 6) is -1.55. The third-order valence-corrected chi connectivity index (χ3v) is 4.28. The summed E-state index contributed by atoms with van der Waals surface area (Å²) in [5, 5.41) is 22.2. The molecular formula is C26H20N2O8. The van der Waals surface area contributed by atoms with E-state index in [2.05, 4.69) is 10.6 Å². The van der Waals surface area contributed by atoms with E-state index in [4.69, 9.17) is 19.7 Å². The Morgan fingerprint density at radius 3 is 1.31 bits per heavy atom. The molecule has 0 heterocycles. The van der Waals surface area contributed by atoms with Gasteiger partial charge in [0, 0.05) is 41.7 Å². The number of carbonyl (C=O) groups excluding carboxylic acids is 2. The van der Waals surface area contributed by atoms with Crippen molar-refractivity contribution in [1.29, 1.82) is 0 Å². The molecule has 0 aliphatic heterocycles. The van der Waals surface area contributed by atoms with Crippen molar-refractivity contribution >= 4 is 35.1 Å². The largest absolute Gasteiger partial charge is 0.478 e. The van der Waals surface area contributed by atoms with Crippen LogP contribution in [0.25, 0.3) is 0 Å². The van der Waals surface area contributed by atoms with Crippen molar-refractivity contribution < 1.29 is 38.9 Å². The molecule has 3 aromatic carbocycles. The number of hydrogen-bond acceptors (Lipinski definition) is 6. The maximum atomic E-state index is 11.6. The van der Waals surface area contributed by atoms with Gasteiger partial charge in [-0.05, 0) is 60.7 Å². The summed E-state index contributed by atoms with van der Waals surface area (Å²) in [7, 11) is 0. The van der Waals surface area contributed by atoms with Gasteiger partial charge in [0.25, 0.3) is 0 Å². The summed E-state index contributed by atoms with van der Waals surface area (Å²) in [5.41, 5.74) is 0.939. The lowest BCUT2D eigenvalue weighted by Crippen LogP contribution is -2.08. The predicted molar refractivity (Wildman–Crippen MR) is 130 cm³/mol. The number of nitrogens with one attached hydrogen (secondary N) is 2. The van der Waals surface area contributed by atoms with Crippen LogP contribution in [-0.2, 0) is 19.2 Å². The Labute approximate surface area is 205 Å². The van der Waals surface area contributed by atoms with Gasteiger partial charge in [0.15, 0.2) is 0 Å². The zero-order valence-corrected chi connectivity index (χ0v) is 18.6. The number of aliphatic carboxylic acids is 2. The van der Waals surface area contributed by atoms with Gasteiger partial charge >= 0.3 is 11.9 Å². The first-order chi connectivity index (χ1) is 17.3. The fraction of sp³-hybridized carbons (Fsp3) is 0. The summed E-state index contributed by atoms with van der Waals surface area (Å²) >= 11 is 0. The molecule has 36 heavy (non-hydrogen) atoms. The minimum atomic E-state index is -1.21. The lowest BCUT2D eigenvalue weighted by atomic mass is 10.2. The van der Waals surface area contributed by atoms with Gasteiger partial charge in [-0.2, -0.15) is 0 Å². The molecule has 0 unspecified atom stereocenters. The monoisotopic (exact) mass is 488 g/mol. The van der Waals surface area contributed by atoms with E-state index in [1.54, 1.807) is 72.8 Å². The standard InChI is InChI=1S/C26H20N2O8/c29-23(12-14-25(31)32)27-17-4-8-19(9-5-17)35-21-2-1-3-22(16-21)36-20-10-6-18(7-11-20)28-24(30)13-15-26(33)34/h1-16H,(H,27,29)(H,28,30)(H,31,32)(H,33,34)/b14-12-,15-13-. The van der Waals surface area contributed by atoms with Crippen molar-refractivity contribution in [3.05, 3.63) is 97.1 Å². The molecule has 3 rings (SSSR count). The lowest BCUT2D eigenvalue weighted by molar-refractivity contribution is -0.132. The van der Waals surface area contributed by atoms with Crippen LogP contribution in [0.5, 0.6) is 23.0 Å². The molecule has 2 amide bonds. The van der Waals surface area contributed by atoms with E-state index < -0.39 is 23.8 Å². The number of amides is 2.